The van der Waals surface area contributed by atoms with E-state index in [0.717, 1.165) is 17.5 Å². The Labute approximate surface area is 109 Å². The van der Waals surface area contributed by atoms with Crippen LogP contribution < -0.4 is 10.6 Å². The van der Waals surface area contributed by atoms with Crippen molar-refractivity contribution >= 4 is 11.6 Å². The summed E-state index contributed by atoms with van der Waals surface area (Å²) in [5.74, 6) is 3.51. The number of nitrogens with zero attached hydrogens (tertiary/aromatic N) is 2. The second kappa shape index (κ2) is 4.41. The monoisotopic (exact) mass is 246 g/mol. The summed E-state index contributed by atoms with van der Waals surface area (Å²) in [5.41, 5.74) is 0.222. The molecule has 0 radical (unpaired) electrons. The highest BCUT2D eigenvalue weighted by Gasteiger charge is 2.31. The van der Waals surface area contributed by atoms with Crippen LogP contribution in [-0.2, 0) is 0 Å². The zero-order valence-electron chi connectivity index (χ0n) is 11.3. The van der Waals surface area contributed by atoms with Crippen LogP contribution in [0.1, 0.15) is 57.2 Å². The van der Waals surface area contributed by atoms with Crippen molar-refractivity contribution in [2.45, 2.75) is 56.9 Å². The molecule has 2 aliphatic carbocycles. The Kier molecular flexibility index (Phi) is 2.88. The molecule has 2 saturated carbocycles. The number of rotatable bonds is 4. The zero-order valence-corrected chi connectivity index (χ0v) is 11.3. The van der Waals surface area contributed by atoms with Gasteiger partial charge in [0.1, 0.15) is 17.5 Å². The van der Waals surface area contributed by atoms with E-state index in [0.29, 0.717) is 5.92 Å². The fourth-order valence-corrected chi connectivity index (χ4v) is 2.77. The number of hydrogen-bond acceptors (Lipinski definition) is 4. The van der Waals surface area contributed by atoms with Gasteiger partial charge in [0.05, 0.1) is 0 Å². The molecule has 2 N–H and O–H groups in total. The highest BCUT2D eigenvalue weighted by Crippen LogP contribution is 2.39. The predicted octanol–water partition coefficient (Wildman–Crippen LogP) is 3.14. The van der Waals surface area contributed by atoms with Crippen molar-refractivity contribution < 1.29 is 0 Å². The molecule has 98 valence electrons. The minimum absolute atomic E-state index is 0.222. The zero-order chi connectivity index (χ0) is 12.6. The molecule has 1 aromatic rings. The van der Waals surface area contributed by atoms with Crippen molar-refractivity contribution in [3.8, 4) is 0 Å². The number of anilines is 2. The van der Waals surface area contributed by atoms with E-state index < -0.39 is 0 Å². The maximum Gasteiger partial charge on any atom is 0.136 e. The Hall–Kier alpha value is -1.32. The largest absolute Gasteiger partial charge is 0.373 e. The molecular formula is C14H22N4. The molecule has 0 unspecified atom stereocenters. The van der Waals surface area contributed by atoms with Crippen LogP contribution in [0, 0.1) is 0 Å². The molecule has 0 aromatic carbocycles. The lowest BCUT2D eigenvalue weighted by Crippen LogP contribution is -2.31. The third-order valence-electron chi connectivity index (χ3n) is 4.08. The summed E-state index contributed by atoms with van der Waals surface area (Å²) in [4.78, 5) is 9.24. The molecule has 0 amide bonds. The summed E-state index contributed by atoms with van der Waals surface area (Å²) < 4.78 is 0. The average molecular weight is 246 g/mol. The smallest absolute Gasteiger partial charge is 0.136 e. The maximum absolute atomic E-state index is 4.69. The van der Waals surface area contributed by atoms with Gasteiger partial charge in [-0.1, -0.05) is 12.8 Å². The van der Waals surface area contributed by atoms with Gasteiger partial charge in [-0.2, -0.15) is 0 Å². The van der Waals surface area contributed by atoms with Crippen molar-refractivity contribution in [3.63, 3.8) is 0 Å². The van der Waals surface area contributed by atoms with E-state index in [9.17, 15) is 0 Å². The third-order valence-corrected chi connectivity index (χ3v) is 4.08. The first-order valence-electron chi connectivity index (χ1n) is 7.03. The molecule has 2 aliphatic rings. The summed E-state index contributed by atoms with van der Waals surface area (Å²) >= 11 is 0. The van der Waals surface area contributed by atoms with Crippen molar-refractivity contribution in [2.75, 3.05) is 17.7 Å². The van der Waals surface area contributed by atoms with Gasteiger partial charge in [-0.25, -0.2) is 9.97 Å². The lowest BCUT2D eigenvalue weighted by molar-refractivity contribution is 0.530. The van der Waals surface area contributed by atoms with E-state index in [-0.39, 0.29) is 5.54 Å². The summed E-state index contributed by atoms with van der Waals surface area (Å²) in [6.45, 7) is 2.30. The molecule has 0 spiro atoms. The summed E-state index contributed by atoms with van der Waals surface area (Å²) in [6.07, 6.45) is 7.61. The topological polar surface area (TPSA) is 49.8 Å². The van der Waals surface area contributed by atoms with E-state index >= 15 is 0 Å². The molecule has 1 aromatic heterocycles. The lowest BCUT2D eigenvalue weighted by Gasteiger charge is -2.26. The lowest BCUT2D eigenvalue weighted by atomic mass is 10.0. The SMILES string of the molecule is CNc1cc(NC2(C)CCCC2)nc(C2CC2)n1. The van der Waals surface area contributed by atoms with Gasteiger partial charge in [0.15, 0.2) is 0 Å². The van der Waals surface area contributed by atoms with Crippen molar-refractivity contribution in [3.05, 3.63) is 11.9 Å². The van der Waals surface area contributed by atoms with E-state index in [1.54, 1.807) is 0 Å². The van der Waals surface area contributed by atoms with E-state index in [1.807, 2.05) is 13.1 Å². The van der Waals surface area contributed by atoms with E-state index in [4.69, 9.17) is 0 Å². The van der Waals surface area contributed by atoms with Gasteiger partial charge in [0.25, 0.3) is 0 Å². The molecule has 4 heteroatoms. The van der Waals surface area contributed by atoms with Gasteiger partial charge in [-0.15, -0.1) is 0 Å². The first kappa shape index (κ1) is 11.8. The molecule has 1 heterocycles. The molecule has 2 fully saturated rings. The normalized spacial score (nSPS) is 21.9. The van der Waals surface area contributed by atoms with Crippen LogP contribution in [0.25, 0.3) is 0 Å². The third kappa shape index (κ3) is 2.42. The number of hydrogen-bond donors (Lipinski definition) is 2. The Bertz CT molecular complexity index is 433. The first-order valence-corrected chi connectivity index (χ1v) is 7.03. The second-order valence-corrected chi connectivity index (χ2v) is 5.91. The summed E-state index contributed by atoms with van der Waals surface area (Å²) in [7, 11) is 1.92. The van der Waals surface area contributed by atoms with Crippen LogP contribution in [0.4, 0.5) is 11.6 Å². The quantitative estimate of drug-likeness (QED) is 0.857. The predicted molar refractivity (Wildman–Crippen MR) is 74.0 cm³/mol. The maximum atomic E-state index is 4.69. The minimum Gasteiger partial charge on any atom is -0.373 e. The van der Waals surface area contributed by atoms with Gasteiger partial charge >= 0.3 is 0 Å². The first-order chi connectivity index (χ1) is 8.68. The number of aromatic nitrogens is 2. The van der Waals surface area contributed by atoms with Crippen molar-refractivity contribution in [1.82, 2.24) is 9.97 Å². The van der Waals surface area contributed by atoms with Crippen molar-refractivity contribution in [2.24, 2.45) is 0 Å². The molecule has 4 nitrogen and oxygen atoms in total. The van der Waals surface area contributed by atoms with Gasteiger partial charge in [0, 0.05) is 24.6 Å². The second-order valence-electron chi connectivity index (χ2n) is 5.91. The molecule has 0 bridgehead atoms. The Balaban J connectivity index is 1.83. The van der Waals surface area contributed by atoms with Crippen LogP contribution in [0.15, 0.2) is 6.07 Å². The van der Waals surface area contributed by atoms with Crippen LogP contribution in [0.5, 0.6) is 0 Å². The number of nitrogens with one attached hydrogen (secondary N) is 2. The van der Waals surface area contributed by atoms with Gasteiger partial charge in [0.2, 0.25) is 0 Å². The summed E-state index contributed by atoms with van der Waals surface area (Å²) in [6, 6.07) is 2.02. The van der Waals surface area contributed by atoms with Gasteiger partial charge < -0.3 is 10.6 Å². The molecular weight excluding hydrogens is 224 g/mol. The van der Waals surface area contributed by atoms with E-state index in [2.05, 4.69) is 27.5 Å². The fourth-order valence-electron chi connectivity index (χ4n) is 2.77. The highest BCUT2D eigenvalue weighted by atomic mass is 15.1. The average Bonchev–Trinajstić information content (AvgIpc) is 3.13. The van der Waals surface area contributed by atoms with Crippen LogP contribution >= 0.6 is 0 Å². The Morgan fingerprint density at radius 2 is 1.83 bits per heavy atom. The summed E-state index contributed by atoms with van der Waals surface area (Å²) in [5, 5.41) is 6.76. The van der Waals surface area contributed by atoms with Crippen LogP contribution in [0.3, 0.4) is 0 Å². The van der Waals surface area contributed by atoms with Gasteiger partial charge in [-0.3, -0.25) is 0 Å². The molecule has 18 heavy (non-hydrogen) atoms. The minimum atomic E-state index is 0.222. The molecule has 0 atom stereocenters. The van der Waals surface area contributed by atoms with Crippen LogP contribution in [-0.4, -0.2) is 22.6 Å². The van der Waals surface area contributed by atoms with Gasteiger partial charge in [-0.05, 0) is 32.6 Å². The Morgan fingerprint density at radius 3 is 2.44 bits per heavy atom. The van der Waals surface area contributed by atoms with Crippen molar-refractivity contribution in [1.29, 1.82) is 0 Å². The molecule has 0 aliphatic heterocycles. The Morgan fingerprint density at radius 1 is 1.17 bits per heavy atom. The molecule has 0 saturated heterocycles. The van der Waals surface area contributed by atoms with Crippen LogP contribution in [0.2, 0.25) is 0 Å². The molecule has 3 rings (SSSR count). The van der Waals surface area contributed by atoms with E-state index in [1.165, 1.54) is 38.5 Å². The highest BCUT2D eigenvalue weighted by molar-refractivity contribution is 5.49. The fraction of sp³-hybridized carbons (Fsp3) is 0.714. The standard InChI is InChI=1S/C14H22N4/c1-14(7-3-4-8-14)18-12-9-11(15-2)16-13(17-12)10-5-6-10/h9-10H,3-8H2,1-2H3,(H2,15,16,17,18).